The van der Waals surface area contributed by atoms with Gasteiger partial charge in [-0.3, -0.25) is 4.79 Å². The van der Waals surface area contributed by atoms with Crippen LogP contribution >= 0.6 is 0 Å². The summed E-state index contributed by atoms with van der Waals surface area (Å²) in [6.45, 7) is 3.32. The van der Waals surface area contributed by atoms with Crippen LogP contribution < -0.4 is 4.74 Å². The lowest BCUT2D eigenvalue weighted by atomic mass is 10.1. The Balaban J connectivity index is 1.76. The van der Waals surface area contributed by atoms with Crippen molar-refractivity contribution in [1.29, 1.82) is 0 Å². The molecule has 0 aliphatic rings. The average molecular weight is 337 g/mol. The number of hydrogen-bond donors (Lipinski definition) is 1. The van der Waals surface area contributed by atoms with Gasteiger partial charge in [-0.25, -0.2) is 4.98 Å². The van der Waals surface area contributed by atoms with Crippen molar-refractivity contribution in [1.82, 2.24) is 14.9 Å². The van der Waals surface area contributed by atoms with Crippen molar-refractivity contribution in [3.63, 3.8) is 0 Å². The van der Waals surface area contributed by atoms with Crippen molar-refractivity contribution in [2.75, 3.05) is 13.7 Å². The summed E-state index contributed by atoms with van der Waals surface area (Å²) in [4.78, 5) is 22.4. The number of rotatable bonds is 7. The summed E-state index contributed by atoms with van der Waals surface area (Å²) in [5.74, 6) is 1.57. The van der Waals surface area contributed by atoms with Gasteiger partial charge in [0.25, 0.3) is 0 Å². The Bertz CT molecular complexity index is 824. The molecule has 5 nitrogen and oxygen atoms in total. The zero-order valence-corrected chi connectivity index (χ0v) is 14.7. The molecular weight excluding hydrogens is 314 g/mol. The number of fused-ring (bicyclic) bond motifs is 1. The van der Waals surface area contributed by atoms with Crippen molar-refractivity contribution in [3.8, 4) is 5.75 Å². The van der Waals surface area contributed by atoms with Crippen molar-refractivity contribution in [2.24, 2.45) is 0 Å². The molecule has 0 fully saturated rings. The lowest BCUT2D eigenvalue weighted by Crippen LogP contribution is -2.33. The Labute approximate surface area is 147 Å². The molecule has 0 saturated heterocycles. The van der Waals surface area contributed by atoms with Gasteiger partial charge in [0.2, 0.25) is 5.91 Å². The Kier molecular flexibility index (Phi) is 5.33. The number of aromatic nitrogens is 2. The molecule has 5 heteroatoms. The molecule has 3 aromatic rings. The van der Waals surface area contributed by atoms with Crippen molar-refractivity contribution >= 4 is 16.9 Å². The summed E-state index contributed by atoms with van der Waals surface area (Å²) in [6, 6.07) is 15.6. The predicted molar refractivity (Wildman–Crippen MR) is 98.5 cm³/mol. The second-order valence-electron chi connectivity index (χ2n) is 6.00. The fourth-order valence-corrected chi connectivity index (χ4v) is 2.95. The number of nitrogens with one attached hydrogen (secondary N) is 1. The first-order valence-corrected chi connectivity index (χ1v) is 8.54. The van der Waals surface area contributed by atoms with Crippen LogP contribution in [0.25, 0.3) is 11.0 Å². The second kappa shape index (κ2) is 7.83. The van der Waals surface area contributed by atoms with Crippen LogP contribution in [0.2, 0.25) is 0 Å². The van der Waals surface area contributed by atoms with Crippen LogP contribution in [0.4, 0.5) is 0 Å². The van der Waals surface area contributed by atoms with Crippen molar-refractivity contribution in [3.05, 3.63) is 59.9 Å². The van der Waals surface area contributed by atoms with Gasteiger partial charge >= 0.3 is 0 Å². The Morgan fingerprint density at radius 2 is 1.92 bits per heavy atom. The number of benzene rings is 2. The molecule has 0 spiro atoms. The molecule has 1 amide bonds. The van der Waals surface area contributed by atoms with E-state index in [1.807, 2.05) is 53.4 Å². The number of methoxy groups -OCH3 is 1. The Hall–Kier alpha value is -2.82. The van der Waals surface area contributed by atoms with E-state index in [0.29, 0.717) is 18.9 Å². The average Bonchev–Trinajstić information content (AvgIpc) is 3.04. The molecule has 0 saturated carbocycles. The van der Waals surface area contributed by atoms with Crippen LogP contribution in [-0.2, 0) is 17.8 Å². The number of H-pyrrole nitrogens is 1. The molecule has 0 radical (unpaired) electrons. The van der Waals surface area contributed by atoms with Crippen LogP contribution in [0, 0.1) is 0 Å². The van der Waals surface area contributed by atoms with Gasteiger partial charge in [0.15, 0.2) is 0 Å². The molecule has 0 atom stereocenters. The number of nitrogens with zero attached hydrogens (tertiary/aromatic N) is 2. The molecule has 130 valence electrons. The fraction of sp³-hybridized carbons (Fsp3) is 0.300. The van der Waals surface area contributed by atoms with Crippen LogP contribution in [0.15, 0.2) is 48.5 Å². The van der Waals surface area contributed by atoms with Gasteiger partial charge in [-0.15, -0.1) is 0 Å². The molecule has 0 aliphatic heterocycles. The third-order valence-electron chi connectivity index (χ3n) is 4.16. The molecule has 1 heterocycles. The predicted octanol–water partition coefficient (Wildman–Crippen LogP) is 3.55. The topological polar surface area (TPSA) is 58.2 Å². The van der Waals surface area contributed by atoms with Gasteiger partial charge in [-0.1, -0.05) is 37.3 Å². The molecule has 0 unspecified atom stereocenters. The number of para-hydroxylation sites is 3. The first kappa shape index (κ1) is 17.0. The molecule has 1 aromatic heterocycles. The number of hydrogen-bond acceptors (Lipinski definition) is 3. The highest BCUT2D eigenvalue weighted by Gasteiger charge is 2.17. The third-order valence-corrected chi connectivity index (χ3v) is 4.16. The summed E-state index contributed by atoms with van der Waals surface area (Å²) < 4.78 is 5.41. The molecule has 25 heavy (non-hydrogen) atoms. The number of carbonyl (C=O) groups is 1. The Morgan fingerprint density at radius 3 is 2.68 bits per heavy atom. The summed E-state index contributed by atoms with van der Waals surface area (Å²) >= 11 is 0. The summed E-state index contributed by atoms with van der Waals surface area (Å²) in [5.41, 5.74) is 2.85. The molecule has 0 bridgehead atoms. The SMILES string of the molecule is CCCN(Cc1ccccc1OC)C(=O)Cc1nc2ccccc2[nH]1. The van der Waals surface area contributed by atoms with Crippen LogP contribution in [0.3, 0.4) is 0 Å². The summed E-state index contributed by atoms with van der Waals surface area (Å²) in [5, 5.41) is 0. The van der Waals surface area contributed by atoms with Gasteiger partial charge in [0, 0.05) is 18.7 Å². The van der Waals surface area contributed by atoms with Gasteiger partial charge in [-0.05, 0) is 24.6 Å². The minimum absolute atomic E-state index is 0.0619. The van der Waals surface area contributed by atoms with E-state index >= 15 is 0 Å². The molecule has 1 N–H and O–H groups in total. The number of amides is 1. The zero-order chi connectivity index (χ0) is 17.6. The van der Waals surface area contributed by atoms with E-state index in [1.165, 1.54) is 0 Å². The first-order chi connectivity index (χ1) is 12.2. The minimum atomic E-state index is 0.0619. The number of aromatic amines is 1. The number of imidazole rings is 1. The van der Waals surface area contributed by atoms with Crippen LogP contribution in [0.5, 0.6) is 5.75 Å². The van der Waals surface area contributed by atoms with Gasteiger partial charge in [0.05, 0.1) is 24.6 Å². The maximum Gasteiger partial charge on any atom is 0.230 e. The molecule has 0 aliphatic carbocycles. The smallest absolute Gasteiger partial charge is 0.230 e. The molecular formula is C20H23N3O2. The van der Waals surface area contributed by atoms with Gasteiger partial charge < -0.3 is 14.6 Å². The van der Waals surface area contributed by atoms with Crippen LogP contribution in [0.1, 0.15) is 24.7 Å². The second-order valence-corrected chi connectivity index (χ2v) is 6.00. The normalized spacial score (nSPS) is 10.8. The van der Waals surface area contributed by atoms with Crippen LogP contribution in [-0.4, -0.2) is 34.4 Å². The maximum atomic E-state index is 12.8. The van der Waals surface area contributed by atoms with Gasteiger partial charge in [-0.2, -0.15) is 0 Å². The largest absolute Gasteiger partial charge is 0.496 e. The zero-order valence-electron chi connectivity index (χ0n) is 14.7. The van der Waals surface area contributed by atoms with Crippen molar-refractivity contribution < 1.29 is 9.53 Å². The lowest BCUT2D eigenvalue weighted by Gasteiger charge is -2.23. The quantitative estimate of drug-likeness (QED) is 0.717. The highest BCUT2D eigenvalue weighted by Crippen LogP contribution is 2.20. The van der Waals surface area contributed by atoms with Gasteiger partial charge in [0.1, 0.15) is 11.6 Å². The summed E-state index contributed by atoms with van der Waals surface area (Å²) in [6.07, 6.45) is 1.17. The molecule has 3 rings (SSSR count). The monoisotopic (exact) mass is 337 g/mol. The Morgan fingerprint density at radius 1 is 1.16 bits per heavy atom. The standard InChI is InChI=1S/C20H23N3O2/c1-3-12-23(14-15-8-4-7-11-18(15)25-2)20(24)13-19-21-16-9-5-6-10-17(16)22-19/h4-11H,3,12-14H2,1-2H3,(H,21,22). The number of carbonyl (C=O) groups excluding carboxylic acids is 1. The lowest BCUT2D eigenvalue weighted by molar-refractivity contribution is -0.131. The third kappa shape index (κ3) is 3.99. The number of ether oxygens (including phenoxy) is 1. The van der Waals surface area contributed by atoms with E-state index < -0.39 is 0 Å². The van der Waals surface area contributed by atoms with E-state index in [0.717, 1.165) is 28.8 Å². The molecule has 2 aromatic carbocycles. The van der Waals surface area contributed by atoms with Crippen molar-refractivity contribution in [2.45, 2.75) is 26.3 Å². The first-order valence-electron chi connectivity index (χ1n) is 8.54. The van der Waals surface area contributed by atoms with E-state index in [-0.39, 0.29) is 12.3 Å². The van der Waals surface area contributed by atoms with E-state index in [1.54, 1.807) is 7.11 Å². The maximum absolute atomic E-state index is 12.8. The van der Waals surface area contributed by atoms with E-state index in [2.05, 4.69) is 16.9 Å². The summed E-state index contributed by atoms with van der Waals surface area (Å²) in [7, 11) is 1.65. The van der Waals surface area contributed by atoms with E-state index in [4.69, 9.17) is 4.74 Å². The fourth-order valence-electron chi connectivity index (χ4n) is 2.95. The highest BCUT2D eigenvalue weighted by atomic mass is 16.5. The van der Waals surface area contributed by atoms with E-state index in [9.17, 15) is 4.79 Å². The highest BCUT2D eigenvalue weighted by molar-refractivity contribution is 5.80. The minimum Gasteiger partial charge on any atom is -0.496 e.